The Morgan fingerprint density at radius 3 is 2.62 bits per heavy atom. The molecule has 2 atom stereocenters. The summed E-state index contributed by atoms with van der Waals surface area (Å²) in [5.74, 6) is 0. The first-order valence-electron chi connectivity index (χ1n) is 8.36. The molecule has 2 aliphatic rings. The van der Waals surface area contributed by atoms with Crippen molar-refractivity contribution in [3.05, 3.63) is 29.8 Å². The van der Waals surface area contributed by atoms with Crippen molar-refractivity contribution in [3.8, 4) is 0 Å². The third-order valence-corrected chi connectivity index (χ3v) is 5.48. The SMILES string of the molecule is Cc1cccc(N2CCN(CC3(C)CCCC3N)CC2)c1. The average molecular weight is 287 g/mol. The van der Waals surface area contributed by atoms with Gasteiger partial charge in [-0.3, -0.25) is 4.90 Å². The zero-order valence-electron chi connectivity index (χ0n) is 13.5. The van der Waals surface area contributed by atoms with Crippen LogP contribution in [0.3, 0.4) is 0 Å². The second-order valence-electron chi connectivity index (χ2n) is 7.25. The molecule has 0 amide bonds. The second-order valence-corrected chi connectivity index (χ2v) is 7.25. The molecule has 3 heteroatoms. The molecule has 1 saturated carbocycles. The Hall–Kier alpha value is -1.06. The zero-order valence-corrected chi connectivity index (χ0v) is 13.5. The minimum Gasteiger partial charge on any atom is -0.369 e. The van der Waals surface area contributed by atoms with Gasteiger partial charge in [0.2, 0.25) is 0 Å². The fourth-order valence-electron chi connectivity index (χ4n) is 3.96. The molecule has 1 aliphatic heterocycles. The van der Waals surface area contributed by atoms with E-state index in [1.807, 2.05) is 0 Å². The Morgan fingerprint density at radius 1 is 1.24 bits per heavy atom. The second kappa shape index (κ2) is 5.98. The van der Waals surface area contributed by atoms with E-state index in [2.05, 4.69) is 47.9 Å². The number of hydrogen-bond acceptors (Lipinski definition) is 3. The topological polar surface area (TPSA) is 32.5 Å². The molecule has 0 radical (unpaired) electrons. The molecule has 1 heterocycles. The van der Waals surface area contributed by atoms with Crippen LogP contribution in [-0.2, 0) is 0 Å². The number of hydrogen-bond donors (Lipinski definition) is 1. The van der Waals surface area contributed by atoms with Crippen LogP contribution in [0.25, 0.3) is 0 Å². The number of rotatable bonds is 3. The van der Waals surface area contributed by atoms with E-state index in [1.54, 1.807) is 0 Å². The summed E-state index contributed by atoms with van der Waals surface area (Å²) in [6.45, 7) is 10.3. The van der Waals surface area contributed by atoms with E-state index in [0.29, 0.717) is 11.5 Å². The molecule has 3 rings (SSSR count). The maximum atomic E-state index is 6.33. The molecule has 21 heavy (non-hydrogen) atoms. The van der Waals surface area contributed by atoms with Crippen LogP contribution in [0.5, 0.6) is 0 Å². The highest BCUT2D eigenvalue weighted by Crippen LogP contribution is 2.37. The Labute approximate surface area is 129 Å². The minimum atomic E-state index is 0.339. The lowest BCUT2D eigenvalue weighted by atomic mass is 9.84. The number of aryl methyl sites for hydroxylation is 1. The molecular weight excluding hydrogens is 258 g/mol. The average Bonchev–Trinajstić information content (AvgIpc) is 2.79. The Bertz CT molecular complexity index is 479. The first-order valence-corrected chi connectivity index (χ1v) is 8.36. The van der Waals surface area contributed by atoms with Crippen LogP contribution in [0.15, 0.2) is 24.3 Å². The number of anilines is 1. The lowest BCUT2D eigenvalue weighted by molar-refractivity contribution is 0.146. The fraction of sp³-hybridized carbons (Fsp3) is 0.667. The summed E-state index contributed by atoms with van der Waals surface area (Å²) in [5.41, 5.74) is 9.39. The maximum absolute atomic E-state index is 6.33. The molecule has 1 aliphatic carbocycles. The van der Waals surface area contributed by atoms with E-state index in [1.165, 1.54) is 37.1 Å². The Balaban J connectivity index is 1.56. The van der Waals surface area contributed by atoms with Gasteiger partial charge in [0.15, 0.2) is 0 Å². The molecule has 2 N–H and O–H groups in total. The van der Waals surface area contributed by atoms with Gasteiger partial charge in [0.05, 0.1) is 0 Å². The van der Waals surface area contributed by atoms with Crippen molar-refractivity contribution in [2.45, 2.75) is 39.2 Å². The van der Waals surface area contributed by atoms with Crippen LogP contribution in [0.4, 0.5) is 5.69 Å². The van der Waals surface area contributed by atoms with Crippen LogP contribution in [0.2, 0.25) is 0 Å². The maximum Gasteiger partial charge on any atom is 0.0369 e. The number of nitrogens with two attached hydrogens (primary N) is 1. The fourth-order valence-corrected chi connectivity index (χ4v) is 3.96. The molecule has 2 fully saturated rings. The van der Waals surface area contributed by atoms with E-state index in [4.69, 9.17) is 5.73 Å². The summed E-state index contributed by atoms with van der Waals surface area (Å²) < 4.78 is 0. The summed E-state index contributed by atoms with van der Waals surface area (Å²) in [6, 6.07) is 9.26. The lowest BCUT2D eigenvalue weighted by Crippen LogP contribution is -2.52. The molecular formula is C18H29N3. The summed E-state index contributed by atoms with van der Waals surface area (Å²) in [7, 11) is 0. The largest absolute Gasteiger partial charge is 0.369 e. The van der Waals surface area contributed by atoms with Gasteiger partial charge in [0, 0.05) is 44.5 Å². The molecule has 1 aromatic rings. The van der Waals surface area contributed by atoms with Gasteiger partial charge in [-0.15, -0.1) is 0 Å². The van der Waals surface area contributed by atoms with Gasteiger partial charge >= 0.3 is 0 Å². The highest BCUT2D eigenvalue weighted by atomic mass is 15.3. The van der Waals surface area contributed by atoms with Crippen LogP contribution >= 0.6 is 0 Å². The van der Waals surface area contributed by atoms with Crippen molar-refractivity contribution in [1.82, 2.24) is 4.90 Å². The van der Waals surface area contributed by atoms with E-state index in [0.717, 1.165) is 26.2 Å². The zero-order chi connectivity index (χ0) is 14.9. The molecule has 0 spiro atoms. The Kier molecular flexibility index (Phi) is 4.23. The van der Waals surface area contributed by atoms with Crippen LogP contribution in [0, 0.1) is 12.3 Å². The van der Waals surface area contributed by atoms with Crippen LogP contribution < -0.4 is 10.6 Å². The van der Waals surface area contributed by atoms with Gasteiger partial charge < -0.3 is 10.6 Å². The highest BCUT2D eigenvalue weighted by Gasteiger charge is 2.38. The molecule has 116 valence electrons. The molecule has 3 nitrogen and oxygen atoms in total. The predicted molar refractivity (Wildman–Crippen MR) is 89.8 cm³/mol. The van der Waals surface area contributed by atoms with Gasteiger partial charge in [0.25, 0.3) is 0 Å². The Morgan fingerprint density at radius 2 is 2.00 bits per heavy atom. The van der Waals surface area contributed by atoms with Gasteiger partial charge in [-0.25, -0.2) is 0 Å². The van der Waals surface area contributed by atoms with Crippen molar-refractivity contribution >= 4 is 5.69 Å². The van der Waals surface area contributed by atoms with Crippen molar-refractivity contribution in [2.75, 3.05) is 37.6 Å². The minimum absolute atomic E-state index is 0.339. The summed E-state index contributed by atoms with van der Waals surface area (Å²) in [5, 5.41) is 0. The van der Waals surface area contributed by atoms with Crippen molar-refractivity contribution in [3.63, 3.8) is 0 Å². The van der Waals surface area contributed by atoms with Gasteiger partial charge in [-0.2, -0.15) is 0 Å². The van der Waals surface area contributed by atoms with Crippen LogP contribution in [0.1, 0.15) is 31.7 Å². The first kappa shape index (κ1) is 14.9. The monoisotopic (exact) mass is 287 g/mol. The van der Waals surface area contributed by atoms with Crippen LogP contribution in [-0.4, -0.2) is 43.7 Å². The smallest absolute Gasteiger partial charge is 0.0369 e. The van der Waals surface area contributed by atoms with E-state index < -0.39 is 0 Å². The number of piperazine rings is 1. The van der Waals surface area contributed by atoms with E-state index >= 15 is 0 Å². The molecule has 0 aromatic heterocycles. The molecule has 1 saturated heterocycles. The van der Waals surface area contributed by atoms with E-state index in [-0.39, 0.29) is 0 Å². The normalized spacial score (nSPS) is 30.8. The van der Waals surface area contributed by atoms with Crippen molar-refractivity contribution < 1.29 is 0 Å². The quantitative estimate of drug-likeness (QED) is 0.927. The molecule has 1 aromatic carbocycles. The van der Waals surface area contributed by atoms with Crippen molar-refractivity contribution in [2.24, 2.45) is 11.1 Å². The van der Waals surface area contributed by atoms with Gasteiger partial charge in [0.1, 0.15) is 0 Å². The summed E-state index contributed by atoms with van der Waals surface area (Å²) in [4.78, 5) is 5.14. The van der Waals surface area contributed by atoms with Gasteiger partial charge in [-0.1, -0.05) is 25.5 Å². The van der Waals surface area contributed by atoms with Crippen molar-refractivity contribution in [1.29, 1.82) is 0 Å². The van der Waals surface area contributed by atoms with E-state index in [9.17, 15) is 0 Å². The first-order chi connectivity index (χ1) is 10.1. The third-order valence-electron chi connectivity index (χ3n) is 5.48. The summed E-state index contributed by atoms with van der Waals surface area (Å²) in [6.07, 6.45) is 3.81. The number of benzene rings is 1. The standard InChI is InChI=1S/C18H29N3/c1-15-5-3-6-16(13-15)21-11-9-20(10-12-21)14-18(2)8-4-7-17(18)19/h3,5-6,13,17H,4,7-12,14,19H2,1-2H3. The molecule has 0 bridgehead atoms. The highest BCUT2D eigenvalue weighted by molar-refractivity contribution is 5.48. The number of nitrogens with zero attached hydrogens (tertiary/aromatic N) is 2. The lowest BCUT2D eigenvalue weighted by Gasteiger charge is -2.41. The predicted octanol–water partition coefficient (Wildman–Crippen LogP) is 2.63. The summed E-state index contributed by atoms with van der Waals surface area (Å²) >= 11 is 0. The molecule has 2 unspecified atom stereocenters. The third kappa shape index (κ3) is 3.24. The van der Waals surface area contributed by atoms with Gasteiger partial charge in [-0.05, 0) is 42.9 Å².